The second-order valence-corrected chi connectivity index (χ2v) is 4.14. The van der Waals surface area contributed by atoms with Crippen LogP contribution >= 0.6 is 0 Å². The zero-order chi connectivity index (χ0) is 11.4. The van der Waals surface area contributed by atoms with Gasteiger partial charge in [-0.05, 0) is 31.5 Å². The summed E-state index contributed by atoms with van der Waals surface area (Å²) in [6.45, 7) is 1.69. The summed E-state index contributed by atoms with van der Waals surface area (Å²) in [6, 6.07) is 5.60. The largest absolute Gasteiger partial charge is 0.313 e. The first-order chi connectivity index (χ1) is 7.81. The van der Waals surface area contributed by atoms with Crippen LogP contribution in [-0.4, -0.2) is 17.2 Å². The first-order valence-electron chi connectivity index (χ1n) is 5.64. The quantitative estimate of drug-likeness (QED) is 0.799. The Morgan fingerprint density at radius 2 is 2.44 bits per heavy atom. The van der Waals surface area contributed by atoms with Crippen LogP contribution in [0.15, 0.2) is 23.1 Å². The van der Waals surface area contributed by atoms with Crippen LogP contribution < -0.4 is 10.9 Å². The lowest BCUT2D eigenvalue weighted by molar-refractivity contribution is 0.359. The molecule has 1 atom stereocenters. The monoisotopic (exact) mass is 217 g/mol. The van der Waals surface area contributed by atoms with Gasteiger partial charge in [-0.25, -0.2) is 0 Å². The zero-order valence-electron chi connectivity index (χ0n) is 9.15. The van der Waals surface area contributed by atoms with Crippen LogP contribution in [-0.2, 0) is 6.54 Å². The number of piperidine rings is 1. The molecule has 1 fully saturated rings. The molecule has 16 heavy (non-hydrogen) atoms. The van der Waals surface area contributed by atoms with Crippen LogP contribution in [0, 0.1) is 11.3 Å². The molecule has 0 aromatic carbocycles. The van der Waals surface area contributed by atoms with Crippen LogP contribution in [0.5, 0.6) is 0 Å². The number of pyridine rings is 1. The molecule has 1 aromatic heterocycles. The average Bonchev–Trinajstić information content (AvgIpc) is 2.33. The van der Waals surface area contributed by atoms with Crippen molar-refractivity contribution in [2.75, 3.05) is 6.54 Å². The van der Waals surface area contributed by atoms with Crippen molar-refractivity contribution in [1.82, 2.24) is 9.88 Å². The van der Waals surface area contributed by atoms with Gasteiger partial charge in [0, 0.05) is 18.8 Å². The lowest BCUT2D eigenvalue weighted by atomic mass is 10.1. The third-order valence-corrected chi connectivity index (χ3v) is 2.97. The molecular weight excluding hydrogens is 202 g/mol. The zero-order valence-corrected chi connectivity index (χ0v) is 9.15. The van der Waals surface area contributed by atoms with Gasteiger partial charge >= 0.3 is 0 Å². The Morgan fingerprint density at radius 1 is 1.56 bits per heavy atom. The normalized spacial score (nSPS) is 20.3. The fourth-order valence-electron chi connectivity index (χ4n) is 2.08. The lowest BCUT2D eigenvalue weighted by Crippen LogP contribution is -2.39. The standard InChI is InChI=1S/C12H15N3O/c13-8-10-4-3-7-15(12(10)16)9-11-5-1-2-6-14-11/h3-4,7,11,14H,1-2,5-6,9H2. The fraction of sp³-hybridized carbons (Fsp3) is 0.500. The highest BCUT2D eigenvalue weighted by Gasteiger charge is 2.13. The summed E-state index contributed by atoms with van der Waals surface area (Å²) in [4.78, 5) is 11.8. The smallest absolute Gasteiger partial charge is 0.268 e. The Morgan fingerprint density at radius 3 is 3.12 bits per heavy atom. The maximum atomic E-state index is 11.8. The number of aromatic nitrogens is 1. The molecule has 1 aliphatic rings. The van der Waals surface area contributed by atoms with Crippen molar-refractivity contribution in [2.24, 2.45) is 0 Å². The minimum Gasteiger partial charge on any atom is -0.313 e. The third-order valence-electron chi connectivity index (χ3n) is 2.97. The highest BCUT2D eigenvalue weighted by Crippen LogP contribution is 2.08. The molecule has 0 amide bonds. The Balaban J connectivity index is 2.15. The molecule has 4 nitrogen and oxygen atoms in total. The van der Waals surface area contributed by atoms with E-state index < -0.39 is 0 Å². The summed E-state index contributed by atoms with van der Waals surface area (Å²) >= 11 is 0. The summed E-state index contributed by atoms with van der Waals surface area (Å²) in [5, 5.41) is 12.2. The summed E-state index contributed by atoms with van der Waals surface area (Å²) in [5.74, 6) is 0. The molecule has 0 saturated carbocycles. The van der Waals surface area contributed by atoms with Crippen molar-refractivity contribution < 1.29 is 0 Å². The summed E-state index contributed by atoms with van der Waals surface area (Å²) in [6.07, 6.45) is 5.27. The Kier molecular flexibility index (Phi) is 3.37. The first-order valence-corrected chi connectivity index (χ1v) is 5.64. The van der Waals surface area contributed by atoms with Gasteiger partial charge in [0.15, 0.2) is 0 Å². The fourth-order valence-corrected chi connectivity index (χ4v) is 2.08. The summed E-state index contributed by atoms with van der Waals surface area (Å²) < 4.78 is 1.63. The van der Waals surface area contributed by atoms with E-state index >= 15 is 0 Å². The maximum absolute atomic E-state index is 11.8. The van der Waals surface area contributed by atoms with Gasteiger partial charge in [-0.2, -0.15) is 5.26 Å². The predicted octanol–water partition coefficient (Wildman–Crippen LogP) is 0.862. The number of hydrogen-bond acceptors (Lipinski definition) is 3. The van der Waals surface area contributed by atoms with Crippen LogP contribution in [0.2, 0.25) is 0 Å². The molecule has 2 heterocycles. The van der Waals surface area contributed by atoms with Crippen molar-refractivity contribution in [3.8, 4) is 6.07 Å². The molecule has 1 aromatic rings. The number of nitrogens with zero attached hydrogens (tertiary/aromatic N) is 2. The topological polar surface area (TPSA) is 57.8 Å². The second-order valence-electron chi connectivity index (χ2n) is 4.14. The Labute approximate surface area is 94.5 Å². The van der Waals surface area contributed by atoms with Gasteiger partial charge < -0.3 is 9.88 Å². The van der Waals surface area contributed by atoms with E-state index in [0.717, 1.165) is 13.0 Å². The summed E-state index contributed by atoms with van der Waals surface area (Å²) in [5.41, 5.74) is 0.0377. The van der Waals surface area contributed by atoms with E-state index in [-0.39, 0.29) is 11.1 Å². The Bertz CT molecular complexity index is 452. The van der Waals surface area contributed by atoms with Crippen molar-refractivity contribution in [3.05, 3.63) is 34.2 Å². The molecule has 0 bridgehead atoms. The van der Waals surface area contributed by atoms with Crippen molar-refractivity contribution in [2.45, 2.75) is 31.8 Å². The van der Waals surface area contributed by atoms with Gasteiger partial charge in [-0.15, -0.1) is 0 Å². The van der Waals surface area contributed by atoms with E-state index in [0.29, 0.717) is 12.6 Å². The van der Waals surface area contributed by atoms with Crippen LogP contribution in [0.1, 0.15) is 24.8 Å². The first kappa shape index (κ1) is 10.9. The molecule has 1 saturated heterocycles. The van der Waals surface area contributed by atoms with E-state index in [1.807, 2.05) is 6.07 Å². The summed E-state index contributed by atoms with van der Waals surface area (Å²) in [7, 11) is 0. The minimum atomic E-state index is -0.183. The maximum Gasteiger partial charge on any atom is 0.268 e. The molecule has 0 spiro atoms. The Hall–Kier alpha value is -1.60. The van der Waals surface area contributed by atoms with Gasteiger partial charge in [0.1, 0.15) is 11.6 Å². The molecule has 1 aliphatic heterocycles. The molecular formula is C12H15N3O. The van der Waals surface area contributed by atoms with E-state index in [4.69, 9.17) is 5.26 Å². The highest BCUT2D eigenvalue weighted by atomic mass is 16.1. The van der Waals surface area contributed by atoms with Crippen molar-refractivity contribution in [1.29, 1.82) is 5.26 Å². The number of hydrogen-bond donors (Lipinski definition) is 1. The van der Waals surface area contributed by atoms with Gasteiger partial charge in [-0.3, -0.25) is 4.79 Å². The molecule has 84 valence electrons. The van der Waals surface area contributed by atoms with E-state index in [9.17, 15) is 4.79 Å². The van der Waals surface area contributed by atoms with E-state index in [2.05, 4.69) is 5.32 Å². The highest BCUT2D eigenvalue weighted by molar-refractivity contribution is 5.24. The molecule has 2 rings (SSSR count). The SMILES string of the molecule is N#Cc1cccn(CC2CCCCN2)c1=O. The van der Waals surface area contributed by atoms with E-state index in [1.54, 1.807) is 22.9 Å². The lowest BCUT2D eigenvalue weighted by Gasteiger charge is -2.24. The minimum absolute atomic E-state index is 0.183. The van der Waals surface area contributed by atoms with Crippen LogP contribution in [0.3, 0.4) is 0 Å². The van der Waals surface area contributed by atoms with Gasteiger partial charge in [0.25, 0.3) is 5.56 Å². The molecule has 0 radical (unpaired) electrons. The molecule has 0 aliphatic carbocycles. The van der Waals surface area contributed by atoms with Gasteiger partial charge in [-0.1, -0.05) is 6.42 Å². The average molecular weight is 217 g/mol. The van der Waals surface area contributed by atoms with Crippen molar-refractivity contribution >= 4 is 0 Å². The molecule has 4 heteroatoms. The molecule has 1 unspecified atom stereocenters. The second kappa shape index (κ2) is 4.95. The number of nitriles is 1. The number of nitrogens with one attached hydrogen (secondary N) is 1. The van der Waals surface area contributed by atoms with Gasteiger partial charge in [0.2, 0.25) is 0 Å². The van der Waals surface area contributed by atoms with E-state index in [1.165, 1.54) is 12.8 Å². The van der Waals surface area contributed by atoms with Gasteiger partial charge in [0.05, 0.1) is 0 Å². The predicted molar refractivity (Wildman–Crippen MR) is 61.1 cm³/mol. The van der Waals surface area contributed by atoms with Crippen LogP contribution in [0.25, 0.3) is 0 Å². The number of rotatable bonds is 2. The van der Waals surface area contributed by atoms with Crippen molar-refractivity contribution in [3.63, 3.8) is 0 Å². The molecule has 1 N–H and O–H groups in total. The van der Waals surface area contributed by atoms with Crippen LogP contribution in [0.4, 0.5) is 0 Å². The third kappa shape index (κ3) is 2.31.